The Labute approximate surface area is 128 Å². The second-order valence-corrected chi connectivity index (χ2v) is 4.75. The van der Waals surface area contributed by atoms with Crippen LogP contribution in [0.3, 0.4) is 0 Å². The van der Waals surface area contributed by atoms with Crippen LogP contribution in [0.1, 0.15) is 24.9 Å². The predicted octanol–water partition coefficient (Wildman–Crippen LogP) is 2.84. The Hall–Kier alpha value is -0.610. The molecular formula is C14H23Cl2N3. The molecule has 1 aliphatic heterocycles. The van der Waals surface area contributed by atoms with E-state index in [4.69, 9.17) is 0 Å². The highest BCUT2D eigenvalue weighted by Gasteiger charge is 2.21. The number of aromatic nitrogens is 1. The van der Waals surface area contributed by atoms with Crippen molar-refractivity contribution in [2.75, 3.05) is 26.2 Å². The van der Waals surface area contributed by atoms with E-state index in [0.29, 0.717) is 6.04 Å². The van der Waals surface area contributed by atoms with Crippen molar-refractivity contribution in [2.24, 2.45) is 0 Å². The number of piperazine rings is 1. The summed E-state index contributed by atoms with van der Waals surface area (Å²) in [5.41, 5.74) is 2.54. The fourth-order valence-electron chi connectivity index (χ4n) is 2.35. The van der Waals surface area contributed by atoms with Crippen molar-refractivity contribution in [1.29, 1.82) is 0 Å². The molecule has 0 aromatic carbocycles. The summed E-state index contributed by atoms with van der Waals surface area (Å²) >= 11 is 0. The predicted molar refractivity (Wildman–Crippen MR) is 85.3 cm³/mol. The van der Waals surface area contributed by atoms with E-state index in [1.807, 2.05) is 18.5 Å². The van der Waals surface area contributed by atoms with Gasteiger partial charge in [0.25, 0.3) is 0 Å². The van der Waals surface area contributed by atoms with Gasteiger partial charge in [-0.25, -0.2) is 0 Å². The molecule has 0 saturated carbocycles. The lowest BCUT2D eigenvalue weighted by atomic mass is 9.99. The summed E-state index contributed by atoms with van der Waals surface area (Å²) in [6.07, 6.45) is 4.83. The third-order valence-corrected chi connectivity index (χ3v) is 3.20. The van der Waals surface area contributed by atoms with Crippen LogP contribution in [0.4, 0.5) is 0 Å². The first kappa shape index (κ1) is 18.4. The van der Waals surface area contributed by atoms with E-state index in [1.54, 1.807) is 0 Å². The van der Waals surface area contributed by atoms with Crippen LogP contribution in [-0.2, 0) is 0 Å². The van der Waals surface area contributed by atoms with Gasteiger partial charge < -0.3 is 5.32 Å². The maximum Gasteiger partial charge on any atom is 0.0401 e. The van der Waals surface area contributed by atoms with Gasteiger partial charge in [0.1, 0.15) is 0 Å². The van der Waals surface area contributed by atoms with Gasteiger partial charge in [-0.2, -0.15) is 0 Å². The molecule has 1 fully saturated rings. The summed E-state index contributed by atoms with van der Waals surface area (Å²) in [5.74, 6) is 0. The molecule has 1 saturated heterocycles. The first-order valence-corrected chi connectivity index (χ1v) is 6.26. The molecule has 0 spiro atoms. The van der Waals surface area contributed by atoms with Crippen LogP contribution in [0.5, 0.6) is 0 Å². The van der Waals surface area contributed by atoms with Crippen molar-refractivity contribution in [3.8, 4) is 0 Å². The largest absolute Gasteiger partial charge is 0.314 e. The quantitative estimate of drug-likeness (QED) is 0.867. The molecule has 0 radical (unpaired) electrons. The zero-order valence-corrected chi connectivity index (χ0v) is 13.0. The van der Waals surface area contributed by atoms with E-state index < -0.39 is 0 Å². The molecule has 2 rings (SSSR count). The van der Waals surface area contributed by atoms with Gasteiger partial charge in [0.15, 0.2) is 0 Å². The van der Waals surface area contributed by atoms with Gasteiger partial charge in [-0.15, -0.1) is 31.4 Å². The lowest BCUT2D eigenvalue weighted by molar-refractivity contribution is 0.172. The zero-order valence-electron chi connectivity index (χ0n) is 11.3. The van der Waals surface area contributed by atoms with Gasteiger partial charge in [0, 0.05) is 44.6 Å². The number of nitrogens with one attached hydrogen (secondary N) is 1. The van der Waals surface area contributed by atoms with E-state index in [2.05, 4.69) is 34.8 Å². The van der Waals surface area contributed by atoms with Gasteiger partial charge >= 0.3 is 0 Å². The number of hydrogen-bond acceptors (Lipinski definition) is 3. The van der Waals surface area contributed by atoms with Gasteiger partial charge in [0.05, 0.1) is 0 Å². The summed E-state index contributed by atoms with van der Waals surface area (Å²) in [6, 6.07) is 4.62. The third-order valence-electron chi connectivity index (χ3n) is 3.20. The minimum absolute atomic E-state index is 0. The van der Waals surface area contributed by atoms with Gasteiger partial charge in [-0.1, -0.05) is 11.6 Å². The van der Waals surface area contributed by atoms with Crippen molar-refractivity contribution >= 4 is 24.8 Å². The minimum atomic E-state index is 0. The second kappa shape index (κ2) is 9.32. The summed E-state index contributed by atoms with van der Waals surface area (Å²) in [5, 5.41) is 3.39. The normalized spacial score (nSPS) is 16.9. The van der Waals surface area contributed by atoms with Crippen LogP contribution in [-0.4, -0.2) is 36.1 Å². The Morgan fingerprint density at radius 2 is 2.11 bits per heavy atom. The maximum absolute atomic E-state index is 4.24. The van der Waals surface area contributed by atoms with Crippen molar-refractivity contribution in [1.82, 2.24) is 15.2 Å². The molecule has 0 amide bonds. The molecule has 1 aromatic rings. The fourth-order valence-corrected chi connectivity index (χ4v) is 2.35. The van der Waals surface area contributed by atoms with Crippen molar-refractivity contribution < 1.29 is 0 Å². The number of hydrogen-bond donors (Lipinski definition) is 1. The van der Waals surface area contributed by atoms with Gasteiger partial charge in [0.2, 0.25) is 0 Å². The SMILES string of the molecule is C=C(C)C[C@@H](c1cccnc1)N1CCNCC1.Cl.Cl. The zero-order chi connectivity index (χ0) is 12.1. The van der Waals surface area contributed by atoms with E-state index in [1.165, 1.54) is 11.1 Å². The first-order chi connectivity index (χ1) is 8.27. The molecule has 19 heavy (non-hydrogen) atoms. The van der Waals surface area contributed by atoms with Crippen LogP contribution in [0.2, 0.25) is 0 Å². The van der Waals surface area contributed by atoms with Crippen LogP contribution in [0.15, 0.2) is 36.7 Å². The molecule has 1 aromatic heterocycles. The average molecular weight is 304 g/mol. The number of rotatable bonds is 4. The van der Waals surface area contributed by atoms with Gasteiger partial charge in [-0.05, 0) is 25.0 Å². The van der Waals surface area contributed by atoms with Crippen LogP contribution >= 0.6 is 24.8 Å². The monoisotopic (exact) mass is 303 g/mol. The molecule has 3 nitrogen and oxygen atoms in total. The van der Waals surface area contributed by atoms with Gasteiger partial charge in [-0.3, -0.25) is 9.88 Å². The van der Waals surface area contributed by atoms with Crippen LogP contribution < -0.4 is 5.32 Å². The number of nitrogens with zero attached hydrogens (tertiary/aromatic N) is 2. The summed E-state index contributed by atoms with van der Waals surface area (Å²) < 4.78 is 0. The molecule has 2 heterocycles. The first-order valence-electron chi connectivity index (χ1n) is 6.26. The Bertz CT molecular complexity index is 364. The van der Waals surface area contributed by atoms with E-state index in [0.717, 1.165) is 32.6 Å². The smallest absolute Gasteiger partial charge is 0.0401 e. The van der Waals surface area contributed by atoms with E-state index in [-0.39, 0.29) is 24.8 Å². The molecule has 1 atom stereocenters. The highest BCUT2D eigenvalue weighted by Crippen LogP contribution is 2.26. The topological polar surface area (TPSA) is 28.2 Å². The number of halogens is 2. The van der Waals surface area contributed by atoms with Crippen molar-refractivity contribution in [3.05, 3.63) is 42.2 Å². The maximum atomic E-state index is 4.24. The number of pyridine rings is 1. The third kappa shape index (κ3) is 5.49. The van der Waals surface area contributed by atoms with Crippen LogP contribution in [0.25, 0.3) is 0 Å². The summed E-state index contributed by atoms with van der Waals surface area (Å²) in [7, 11) is 0. The highest BCUT2D eigenvalue weighted by atomic mass is 35.5. The second-order valence-electron chi connectivity index (χ2n) is 4.75. The lowest BCUT2D eigenvalue weighted by Crippen LogP contribution is -2.45. The standard InChI is InChI=1S/C14H21N3.2ClH/c1-12(2)10-14(13-4-3-5-16-11-13)17-8-6-15-7-9-17;;/h3-5,11,14-15H,1,6-10H2,2H3;2*1H/t14-;;/m0../s1. The Balaban J connectivity index is 0.00000162. The molecule has 0 unspecified atom stereocenters. The molecule has 108 valence electrons. The molecule has 0 bridgehead atoms. The van der Waals surface area contributed by atoms with Crippen LogP contribution in [0, 0.1) is 0 Å². The van der Waals surface area contributed by atoms with E-state index in [9.17, 15) is 0 Å². The molecule has 0 aliphatic carbocycles. The fraction of sp³-hybridized carbons (Fsp3) is 0.500. The Kier molecular flexibility index (Phi) is 9.02. The molecule has 1 N–H and O–H groups in total. The summed E-state index contributed by atoms with van der Waals surface area (Å²) in [4.78, 5) is 6.77. The van der Waals surface area contributed by atoms with E-state index >= 15 is 0 Å². The Morgan fingerprint density at radius 3 is 2.63 bits per heavy atom. The lowest BCUT2D eigenvalue weighted by Gasteiger charge is -2.35. The molecule has 1 aliphatic rings. The minimum Gasteiger partial charge on any atom is -0.314 e. The molecule has 5 heteroatoms. The summed E-state index contributed by atoms with van der Waals surface area (Å²) in [6.45, 7) is 10.5. The Morgan fingerprint density at radius 1 is 1.42 bits per heavy atom. The van der Waals surface area contributed by atoms with Crippen molar-refractivity contribution in [3.63, 3.8) is 0 Å². The average Bonchev–Trinajstić information content (AvgIpc) is 2.38. The van der Waals surface area contributed by atoms with Crippen molar-refractivity contribution in [2.45, 2.75) is 19.4 Å². The molecular weight excluding hydrogens is 281 g/mol. The highest BCUT2D eigenvalue weighted by molar-refractivity contribution is 5.85.